The minimum atomic E-state index is -0.517. The molecule has 0 aliphatic heterocycles. The molecule has 0 saturated heterocycles. The molecule has 0 bridgehead atoms. The molecular formula is C27H32O3. The number of fused-ring (bicyclic) bond motifs is 2. The predicted molar refractivity (Wildman–Crippen MR) is 125 cm³/mol. The van der Waals surface area contributed by atoms with Gasteiger partial charge >= 0.3 is 5.97 Å². The van der Waals surface area contributed by atoms with Crippen LogP contribution in [0.1, 0.15) is 58.6 Å². The lowest BCUT2D eigenvalue weighted by molar-refractivity contribution is -0.158. The van der Waals surface area contributed by atoms with Gasteiger partial charge in [0.05, 0.1) is 12.7 Å². The van der Waals surface area contributed by atoms with Gasteiger partial charge in [-0.05, 0) is 59.9 Å². The highest BCUT2D eigenvalue weighted by molar-refractivity contribution is 6.02. The molecule has 3 rings (SSSR count). The van der Waals surface area contributed by atoms with E-state index in [1.54, 1.807) is 6.92 Å². The molecule has 0 heterocycles. The van der Waals surface area contributed by atoms with E-state index in [0.717, 1.165) is 12.8 Å². The number of hydrogen-bond acceptors (Lipinski definition) is 3. The Morgan fingerprint density at radius 2 is 1.53 bits per heavy atom. The number of carbonyl (C=O) groups is 1. The molecule has 30 heavy (non-hydrogen) atoms. The Hall–Kier alpha value is -2.65. The minimum absolute atomic E-state index is 0.0794. The first-order valence-electron chi connectivity index (χ1n) is 10.8. The van der Waals surface area contributed by atoms with Gasteiger partial charge in [0.2, 0.25) is 0 Å². The van der Waals surface area contributed by atoms with Crippen molar-refractivity contribution < 1.29 is 14.3 Å². The summed E-state index contributed by atoms with van der Waals surface area (Å²) in [5.41, 5.74) is 1.12. The Kier molecular flexibility index (Phi) is 6.94. The van der Waals surface area contributed by atoms with Crippen molar-refractivity contribution in [1.29, 1.82) is 0 Å². The fraction of sp³-hybridized carbons (Fsp3) is 0.370. The molecule has 0 saturated carbocycles. The summed E-state index contributed by atoms with van der Waals surface area (Å²) in [4.78, 5) is 12.1. The Labute approximate surface area is 179 Å². The third kappa shape index (κ3) is 4.57. The highest BCUT2D eigenvalue weighted by Gasteiger charge is 2.31. The van der Waals surface area contributed by atoms with E-state index in [4.69, 9.17) is 9.47 Å². The van der Waals surface area contributed by atoms with Crippen LogP contribution in [-0.2, 0) is 14.3 Å². The van der Waals surface area contributed by atoms with Crippen molar-refractivity contribution >= 4 is 27.5 Å². The van der Waals surface area contributed by atoms with Crippen molar-refractivity contribution in [2.75, 3.05) is 6.61 Å². The standard InChI is InChI=1S/C27H32O3/c1-6-27(7-2,30-26(28)19(3)4)16-17-29-20(5)25-23-14-10-8-12-21(23)18-22-13-9-11-15-24(22)25/h8-15,18,20H,3,6-7,16-17H2,1-2,4-5H3. The van der Waals surface area contributed by atoms with E-state index in [-0.39, 0.29) is 12.1 Å². The second-order valence-electron chi connectivity index (χ2n) is 8.06. The van der Waals surface area contributed by atoms with Gasteiger partial charge in [-0.2, -0.15) is 0 Å². The molecule has 0 aliphatic rings. The van der Waals surface area contributed by atoms with E-state index in [0.29, 0.717) is 18.6 Å². The summed E-state index contributed by atoms with van der Waals surface area (Å²) in [6.45, 7) is 12.1. The van der Waals surface area contributed by atoms with Crippen molar-refractivity contribution in [1.82, 2.24) is 0 Å². The Morgan fingerprint density at radius 1 is 1.00 bits per heavy atom. The molecule has 1 atom stereocenters. The van der Waals surface area contributed by atoms with Crippen molar-refractivity contribution in [3.8, 4) is 0 Å². The summed E-state index contributed by atoms with van der Waals surface area (Å²) in [5, 5.41) is 4.87. The zero-order valence-corrected chi connectivity index (χ0v) is 18.5. The summed E-state index contributed by atoms with van der Waals surface area (Å²) in [7, 11) is 0. The number of ether oxygens (including phenoxy) is 2. The summed E-state index contributed by atoms with van der Waals surface area (Å²) < 4.78 is 12.1. The first-order chi connectivity index (χ1) is 14.4. The quantitative estimate of drug-likeness (QED) is 0.216. The number of esters is 1. The van der Waals surface area contributed by atoms with Gasteiger partial charge in [0.25, 0.3) is 0 Å². The smallest absolute Gasteiger partial charge is 0.333 e. The van der Waals surface area contributed by atoms with Crippen LogP contribution in [0.15, 0.2) is 66.7 Å². The summed E-state index contributed by atoms with van der Waals surface area (Å²) >= 11 is 0. The lowest BCUT2D eigenvalue weighted by Crippen LogP contribution is -2.35. The fourth-order valence-electron chi connectivity index (χ4n) is 4.07. The molecule has 0 N–H and O–H groups in total. The van der Waals surface area contributed by atoms with E-state index in [9.17, 15) is 4.79 Å². The molecule has 0 radical (unpaired) electrons. The first kappa shape index (κ1) is 22.0. The second kappa shape index (κ2) is 9.44. The SMILES string of the molecule is C=C(C)C(=O)OC(CC)(CC)CCOC(C)c1c2ccccc2cc2ccccc12. The van der Waals surface area contributed by atoms with Crippen LogP contribution in [0.4, 0.5) is 0 Å². The van der Waals surface area contributed by atoms with Gasteiger partial charge in [0, 0.05) is 12.0 Å². The molecule has 3 aromatic rings. The molecule has 1 unspecified atom stereocenters. The Morgan fingerprint density at radius 3 is 2.03 bits per heavy atom. The van der Waals surface area contributed by atoms with Crippen LogP contribution >= 0.6 is 0 Å². The van der Waals surface area contributed by atoms with Gasteiger partial charge in [-0.1, -0.05) is 69.0 Å². The molecule has 0 spiro atoms. The molecule has 3 nitrogen and oxygen atoms in total. The van der Waals surface area contributed by atoms with Gasteiger partial charge < -0.3 is 9.47 Å². The van der Waals surface area contributed by atoms with E-state index < -0.39 is 5.60 Å². The average molecular weight is 405 g/mol. The number of benzene rings is 3. The highest BCUT2D eigenvalue weighted by atomic mass is 16.6. The lowest BCUT2D eigenvalue weighted by Gasteiger charge is -2.32. The van der Waals surface area contributed by atoms with Crippen LogP contribution in [0.3, 0.4) is 0 Å². The van der Waals surface area contributed by atoms with Crippen LogP contribution in [-0.4, -0.2) is 18.2 Å². The van der Waals surface area contributed by atoms with Gasteiger partial charge in [0.1, 0.15) is 5.60 Å². The monoisotopic (exact) mass is 404 g/mol. The Balaban J connectivity index is 1.83. The lowest BCUT2D eigenvalue weighted by atomic mass is 9.92. The van der Waals surface area contributed by atoms with Gasteiger partial charge in [0.15, 0.2) is 0 Å². The zero-order valence-electron chi connectivity index (χ0n) is 18.5. The number of rotatable bonds is 9. The molecular weight excluding hydrogens is 372 g/mol. The second-order valence-corrected chi connectivity index (χ2v) is 8.06. The fourth-order valence-corrected chi connectivity index (χ4v) is 4.07. The highest BCUT2D eigenvalue weighted by Crippen LogP contribution is 2.35. The van der Waals surface area contributed by atoms with Crippen molar-refractivity contribution in [3.05, 3.63) is 72.3 Å². The molecule has 0 aromatic heterocycles. The van der Waals surface area contributed by atoms with Gasteiger partial charge in [-0.15, -0.1) is 0 Å². The van der Waals surface area contributed by atoms with Crippen LogP contribution < -0.4 is 0 Å². The molecule has 3 aromatic carbocycles. The minimum Gasteiger partial charge on any atom is -0.456 e. The van der Waals surface area contributed by atoms with Crippen LogP contribution in [0, 0.1) is 0 Å². The number of carbonyl (C=O) groups excluding carboxylic acids is 1. The van der Waals surface area contributed by atoms with Crippen molar-refractivity contribution in [3.63, 3.8) is 0 Å². The molecule has 158 valence electrons. The number of hydrogen-bond donors (Lipinski definition) is 0. The van der Waals surface area contributed by atoms with E-state index in [2.05, 4.69) is 81.9 Å². The van der Waals surface area contributed by atoms with E-state index >= 15 is 0 Å². The maximum atomic E-state index is 12.1. The third-order valence-corrected chi connectivity index (χ3v) is 6.09. The largest absolute Gasteiger partial charge is 0.456 e. The molecule has 0 fully saturated rings. The van der Waals surface area contributed by atoms with E-state index in [1.807, 2.05) is 0 Å². The first-order valence-corrected chi connectivity index (χ1v) is 10.8. The Bertz CT molecular complexity index is 992. The van der Waals surface area contributed by atoms with Crippen LogP contribution in [0.25, 0.3) is 21.5 Å². The maximum Gasteiger partial charge on any atom is 0.333 e. The van der Waals surface area contributed by atoms with Crippen LogP contribution in [0.5, 0.6) is 0 Å². The van der Waals surface area contributed by atoms with E-state index in [1.165, 1.54) is 27.1 Å². The van der Waals surface area contributed by atoms with Crippen molar-refractivity contribution in [2.45, 2.75) is 58.7 Å². The summed E-state index contributed by atoms with van der Waals surface area (Å²) in [5.74, 6) is -0.327. The van der Waals surface area contributed by atoms with Gasteiger partial charge in [-0.3, -0.25) is 0 Å². The molecule has 0 amide bonds. The average Bonchev–Trinajstić information content (AvgIpc) is 2.76. The summed E-state index contributed by atoms with van der Waals surface area (Å²) in [6.07, 6.45) is 2.07. The van der Waals surface area contributed by atoms with Crippen molar-refractivity contribution in [2.24, 2.45) is 0 Å². The summed E-state index contributed by atoms with van der Waals surface area (Å²) in [6, 6.07) is 19.1. The van der Waals surface area contributed by atoms with Crippen LogP contribution in [0.2, 0.25) is 0 Å². The predicted octanol–water partition coefficient (Wildman–Crippen LogP) is 7.14. The van der Waals surface area contributed by atoms with Gasteiger partial charge in [-0.25, -0.2) is 4.79 Å². The third-order valence-electron chi connectivity index (χ3n) is 6.09. The maximum absolute atomic E-state index is 12.1. The molecule has 3 heteroatoms. The zero-order chi connectivity index (χ0) is 21.7. The molecule has 0 aliphatic carbocycles. The topological polar surface area (TPSA) is 35.5 Å². The normalized spacial score (nSPS) is 12.8.